The highest BCUT2D eigenvalue weighted by molar-refractivity contribution is 6.34. The Morgan fingerprint density at radius 2 is 2.15 bits per heavy atom. The van der Waals surface area contributed by atoms with Crippen LogP contribution < -0.4 is 0 Å². The Hall–Kier alpha value is -1.33. The lowest BCUT2D eigenvalue weighted by Gasteiger charge is -2.03. The zero-order chi connectivity index (χ0) is 9.84. The van der Waals surface area contributed by atoms with Gasteiger partial charge in [-0.25, -0.2) is 0 Å². The van der Waals surface area contributed by atoms with Crippen molar-refractivity contribution in [2.24, 2.45) is 5.92 Å². The summed E-state index contributed by atoms with van der Waals surface area (Å²) in [5.74, 6) is -0.868. The molecule has 1 rings (SSSR count). The standard InChI is InChI=1S/C10H8ClNO/c1-7(6-12)10(13)8-4-2-3-5-9(8)11/h2-5,7H,1H3. The first-order valence-corrected chi connectivity index (χ1v) is 4.23. The smallest absolute Gasteiger partial charge is 0.181 e. The number of rotatable bonds is 2. The lowest BCUT2D eigenvalue weighted by molar-refractivity contribution is 0.0956. The summed E-state index contributed by atoms with van der Waals surface area (Å²) in [5.41, 5.74) is 0.415. The summed E-state index contributed by atoms with van der Waals surface area (Å²) in [7, 11) is 0. The first-order chi connectivity index (χ1) is 6.16. The Balaban J connectivity index is 3.04. The maximum absolute atomic E-state index is 11.5. The van der Waals surface area contributed by atoms with Gasteiger partial charge in [0.1, 0.15) is 5.92 Å². The van der Waals surface area contributed by atoms with E-state index >= 15 is 0 Å². The molecule has 0 fully saturated rings. The number of carbonyl (C=O) groups excluding carboxylic acids is 1. The van der Waals surface area contributed by atoms with Crippen molar-refractivity contribution in [1.82, 2.24) is 0 Å². The quantitative estimate of drug-likeness (QED) is 0.678. The second-order valence-electron chi connectivity index (χ2n) is 2.69. The summed E-state index contributed by atoms with van der Waals surface area (Å²) < 4.78 is 0. The number of halogens is 1. The van der Waals surface area contributed by atoms with Gasteiger partial charge >= 0.3 is 0 Å². The van der Waals surface area contributed by atoms with Crippen LogP contribution in [-0.2, 0) is 0 Å². The first kappa shape index (κ1) is 9.76. The van der Waals surface area contributed by atoms with Crippen LogP contribution >= 0.6 is 11.6 Å². The molecule has 0 aliphatic carbocycles. The molecular formula is C10H8ClNO. The topological polar surface area (TPSA) is 40.9 Å². The van der Waals surface area contributed by atoms with Crippen LogP contribution in [0.25, 0.3) is 0 Å². The predicted molar refractivity (Wildman–Crippen MR) is 50.6 cm³/mol. The molecule has 0 amide bonds. The lowest BCUT2D eigenvalue weighted by atomic mass is 10.0. The molecule has 1 aromatic carbocycles. The van der Waals surface area contributed by atoms with Crippen molar-refractivity contribution in [3.05, 3.63) is 34.9 Å². The van der Waals surface area contributed by atoms with Crippen molar-refractivity contribution in [2.45, 2.75) is 6.92 Å². The molecule has 0 bridgehead atoms. The number of hydrogen-bond donors (Lipinski definition) is 0. The minimum atomic E-state index is -0.639. The molecule has 3 heteroatoms. The minimum absolute atomic E-state index is 0.229. The van der Waals surface area contributed by atoms with Crippen LogP contribution in [0.1, 0.15) is 17.3 Å². The molecule has 1 atom stereocenters. The van der Waals surface area contributed by atoms with Gasteiger partial charge in [-0.1, -0.05) is 23.7 Å². The SMILES string of the molecule is CC(C#N)C(=O)c1ccccc1Cl. The molecule has 1 unspecified atom stereocenters. The molecule has 0 saturated heterocycles. The van der Waals surface area contributed by atoms with Gasteiger partial charge < -0.3 is 0 Å². The van der Waals surface area contributed by atoms with E-state index in [1.807, 2.05) is 6.07 Å². The zero-order valence-electron chi connectivity index (χ0n) is 7.12. The molecule has 0 aliphatic heterocycles. The molecule has 1 aromatic rings. The molecule has 0 radical (unpaired) electrons. The Kier molecular flexibility index (Phi) is 3.05. The van der Waals surface area contributed by atoms with Crippen molar-refractivity contribution >= 4 is 17.4 Å². The van der Waals surface area contributed by atoms with Gasteiger partial charge in [0.05, 0.1) is 11.1 Å². The maximum Gasteiger partial charge on any atom is 0.181 e. The number of benzene rings is 1. The third-order valence-electron chi connectivity index (χ3n) is 1.73. The highest BCUT2D eigenvalue weighted by Gasteiger charge is 2.16. The fourth-order valence-corrected chi connectivity index (χ4v) is 1.18. The minimum Gasteiger partial charge on any atom is -0.293 e. The van der Waals surface area contributed by atoms with E-state index in [4.69, 9.17) is 16.9 Å². The summed E-state index contributed by atoms with van der Waals surface area (Å²) in [6.07, 6.45) is 0. The van der Waals surface area contributed by atoms with Crippen molar-refractivity contribution < 1.29 is 4.79 Å². The van der Waals surface area contributed by atoms with Crippen LogP contribution in [0.3, 0.4) is 0 Å². The average Bonchev–Trinajstić information content (AvgIpc) is 2.16. The second-order valence-corrected chi connectivity index (χ2v) is 3.10. The molecule has 0 spiro atoms. The van der Waals surface area contributed by atoms with Gasteiger partial charge in [-0.2, -0.15) is 5.26 Å². The van der Waals surface area contributed by atoms with Crippen LogP contribution in [0.2, 0.25) is 5.02 Å². The van der Waals surface area contributed by atoms with E-state index < -0.39 is 5.92 Å². The van der Waals surface area contributed by atoms with Gasteiger partial charge in [-0.05, 0) is 19.1 Å². The fourth-order valence-electron chi connectivity index (χ4n) is 0.953. The molecule has 0 aromatic heterocycles. The van der Waals surface area contributed by atoms with Crippen LogP contribution in [0.15, 0.2) is 24.3 Å². The van der Waals surface area contributed by atoms with Gasteiger partial charge in [0.2, 0.25) is 0 Å². The molecule has 2 nitrogen and oxygen atoms in total. The number of carbonyl (C=O) groups is 1. The molecule has 66 valence electrons. The Morgan fingerprint density at radius 3 is 2.69 bits per heavy atom. The summed E-state index contributed by atoms with van der Waals surface area (Å²) in [4.78, 5) is 11.5. The van der Waals surface area contributed by atoms with Gasteiger partial charge in [-0.15, -0.1) is 0 Å². The Labute approximate surface area is 81.7 Å². The number of Topliss-reactive ketones (excluding diaryl/α,β-unsaturated/α-hetero) is 1. The van der Waals surface area contributed by atoms with E-state index in [1.54, 1.807) is 31.2 Å². The van der Waals surface area contributed by atoms with Crippen molar-refractivity contribution in [3.63, 3.8) is 0 Å². The highest BCUT2D eigenvalue weighted by atomic mass is 35.5. The van der Waals surface area contributed by atoms with Gasteiger partial charge in [0.25, 0.3) is 0 Å². The summed E-state index contributed by atoms with van der Waals surface area (Å²) in [6.45, 7) is 1.56. The van der Waals surface area contributed by atoms with Crippen molar-refractivity contribution in [3.8, 4) is 6.07 Å². The predicted octanol–water partition coefficient (Wildman–Crippen LogP) is 2.68. The second kappa shape index (κ2) is 4.06. The van der Waals surface area contributed by atoms with E-state index in [2.05, 4.69) is 0 Å². The third-order valence-corrected chi connectivity index (χ3v) is 2.06. The zero-order valence-corrected chi connectivity index (χ0v) is 7.88. The largest absolute Gasteiger partial charge is 0.293 e. The van der Waals surface area contributed by atoms with Gasteiger partial charge in [0, 0.05) is 5.56 Å². The Morgan fingerprint density at radius 1 is 1.54 bits per heavy atom. The van der Waals surface area contributed by atoms with E-state index in [9.17, 15) is 4.79 Å². The maximum atomic E-state index is 11.5. The first-order valence-electron chi connectivity index (χ1n) is 3.85. The monoisotopic (exact) mass is 193 g/mol. The molecule has 0 saturated carbocycles. The fraction of sp³-hybridized carbons (Fsp3) is 0.200. The number of ketones is 1. The lowest BCUT2D eigenvalue weighted by Crippen LogP contribution is -2.09. The Bertz CT molecular complexity index is 367. The molecule has 0 heterocycles. The molecule has 0 aliphatic rings. The number of nitriles is 1. The van der Waals surface area contributed by atoms with E-state index in [0.717, 1.165) is 0 Å². The normalized spacial score (nSPS) is 11.8. The van der Waals surface area contributed by atoms with Crippen LogP contribution in [-0.4, -0.2) is 5.78 Å². The molecular weight excluding hydrogens is 186 g/mol. The van der Waals surface area contributed by atoms with Gasteiger partial charge in [0.15, 0.2) is 5.78 Å². The van der Waals surface area contributed by atoms with Crippen molar-refractivity contribution in [1.29, 1.82) is 5.26 Å². The highest BCUT2D eigenvalue weighted by Crippen LogP contribution is 2.18. The van der Waals surface area contributed by atoms with E-state index in [0.29, 0.717) is 10.6 Å². The molecule has 0 N–H and O–H groups in total. The van der Waals surface area contributed by atoms with Crippen LogP contribution in [0.4, 0.5) is 0 Å². The summed E-state index contributed by atoms with van der Waals surface area (Å²) in [6, 6.07) is 8.62. The number of hydrogen-bond acceptors (Lipinski definition) is 2. The summed E-state index contributed by atoms with van der Waals surface area (Å²) in [5, 5.41) is 8.94. The number of nitrogens with zero attached hydrogens (tertiary/aromatic N) is 1. The van der Waals surface area contributed by atoms with Crippen LogP contribution in [0.5, 0.6) is 0 Å². The van der Waals surface area contributed by atoms with E-state index in [1.165, 1.54) is 0 Å². The third kappa shape index (κ3) is 2.07. The van der Waals surface area contributed by atoms with E-state index in [-0.39, 0.29) is 5.78 Å². The molecule has 13 heavy (non-hydrogen) atoms. The summed E-state index contributed by atoms with van der Waals surface area (Å²) >= 11 is 5.79. The van der Waals surface area contributed by atoms with Gasteiger partial charge in [-0.3, -0.25) is 4.79 Å². The van der Waals surface area contributed by atoms with Crippen LogP contribution in [0, 0.1) is 17.2 Å². The van der Waals surface area contributed by atoms with Crippen molar-refractivity contribution in [2.75, 3.05) is 0 Å². The average molecular weight is 194 g/mol.